The smallest absolute Gasteiger partial charge is 0.255 e. The Kier molecular flexibility index (Phi) is 5.54. The fourth-order valence-electron chi connectivity index (χ4n) is 5.63. The van der Waals surface area contributed by atoms with Gasteiger partial charge in [0.2, 0.25) is 11.8 Å². The first-order valence-electron chi connectivity index (χ1n) is 11.4. The molecule has 1 aliphatic carbocycles. The van der Waals surface area contributed by atoms with Gasteiger partial charge in [0.15, 0.2) is 0 Å². The van der Waals surface area contributed by atoms with Gasteiger partial charge in [-0.2, -0.15) is 0 Å². The number of fused-ring (bicyclic) bond motifs is 1. The number of nitrogens with zero attached hydrogens (tertiary/aromatic N) is 1. The molecule has 5 rings (SSSR count). The Hall–Kier alpha value is -2.29. The van der Waals surface area contributed by atoms with E-state index in [1.807, 2.05) is 18.2 Å². The Morgan fingerprint density at radius 3 is 2.90 bits per heavy atom. The van der Waals surface area contributed by atoms with Crippen LogP contribution in [0.15, 0.2) is 18.2 Å². The summed E-state index contributed by atoms with van der Waals surface area (Å²) in [4.78, 5) is 38.7. The molecule has 3 amide bonds. The summed E-state index contributed by atoms with van der Waals surface area (Å²) in [5.41, 5.74) is 2.44. The van der Waals surface area contributed by atoms with Crippen LogP contribution in [-0.2, 0) is 27.4 Å². The van der Waals surface area contributed by atoms with Crippen LogP contribution < -0.4 is 16.0 Å². The number of carbonyl (C=O) groups is 3. The molecule has 166 valence electrons. The van der Waals surface area contributed by atoms with E-state index in [1.54, 1.807) is 4.90 Å². The molecule has 3 heterocycles. The third kappa shape index (κ3) is 3.77. The monoisotopic (exact) mass is 426 g/mol. The van der Waals surface area contributed by atoms with Crippen LogP contribution in [0.5, 0.6) is 0 Å². The lowest BCUT2D eigenvalue weighted by Gasteiger charge is -2.47. The van der Waals surface area contributed by atoms with E-state index in [1.165, 1.54) is 12.8 Å². The number of piperidine rings is 1. The third-order valence-electron chi connectivity index (χ3n) is 7.25. The Balaban J connectivity index is 1.32. The van der Waals surface area contributed by atoms with Crippen LogP contribution in [0.1, 0.15) is 60.0 Å². The predicted octanol–water partition coefficient (Wildman–Crippen LogP) is 0.838. The fraction of sp³-hybridized carbons (Fsp3) is 0.609. The van der Waals surface area contributed by atoms with Crippen molar-refractivity contribution in [3.05, 3.63) is 34.9 Å². The van der Waals surface area contributed by atoms with Crippen molar-refractivity contribution in [3.63, 3.8) is 0 Å². The zero-order chi connectivity index (χ0) is 21.4. The maximum absolute atomic E-state index is 13.3. The van der Waals surface area contributed by atoms with Gasteiger partial charge >= 0.3 is 0 Å². The zero-order valence-corrected chi connectivity index (χ0v) is 17.7. The first kappa shape index (κ1) is 20.6. The number of amides is 3. The second-order valence-corrected chi connectivity index (χ2v) is 9.12. The van der Waals surface area contributed by atoms with E-state index in [9.17, 15) is 14.4 Å². The molecule has 8 nitrogen and oxygen atoms in total. The van der Waals surface area contributed by atoms with E-state index >= 15 is 0 Å². The van der Waals surface area contributed by atoms with Crippen LogP contribution in [0.4, 0.5) is 0 Å². The summed E-state index contributed by atoms with van der Waals surface area (Å²) in [5.74, 6) is -0.754. The van der Waals surface area contributed by atoms with Crippen LogP contribution >= 0.6 is 0 Å². The highest BCUT2D eigenvalue weighted by atomic mass is 16.5. The standard InChI is InChI=1S/C23H30N4O4/c28-19-8-7-17(21(29)26-19)27-13-16-5-3-4-15(20(16)22(27)30)12-25-18-6-1-2-9-23(18)14-24-10-11-31-23/h3-5,17-18,24-25H,1-2,6-14H2,(H,26,28,29)/t17?,18-,23+/m1/s1. The van der Waals surface area contributed by atoms with Gasteiger partial charge in [-0.15, -0.1) is 0 Å². The number of carbonyl (C=O) groups excluding carboxylic acids is 3. The van der Waals surface area contributed by atoms with Crippen LogP contribution in [0.2, 0.25) is 0 Å². The minimum absolute atomic E-state index is 0.115. The van der Waals surface area contributed by atoms with E-state index in [-0.39, 0.29) is 35.8 Å². The Morgan fingerprint density at radius 1 is 1.19 bits per heavy atom. The summed E-state index contributed by atoms with van der Waals surface area (Å²) in [7, 11) is 0. The summed E-state index contributed by atoms with van der Waals surface area (Å²) >= 11 is 0. The summed E-state index contributed by atoms with van der Waals surface area (Å²) in [6, 6.07) is 5.59. The predicted molar refractivity (Wildman–Crippen MR) is 113 cm³/mol. The highest BCUT2D eigenvalue weighted by molar-refractivity contribution is 6.05. The van der Waals surface area contributed by atoms with Gasteiger partial charge in [0, 0.05) is 44.2 Å². The minimum atomic E-state index is -0.582. The number of nitrogens with one attached hydrogen (secondary N) is 3. The van der Waals surface area contributed by atoms with Gasteiger partial charge in [-0.25, -0.2) is 0 Å². The largest absolute Gasteiger partial charge is 0.371 e. The number of benzene rings is 1. The number of hydrogen-bond donors (Lipinski definition) is 3. The van der Waals surface area contributed by atoms with Crippen LogP contribution in [0.3, 0.4) is 0 Å². The molecule has 0 bridgehead atoms. The third-order valence-corrected chi connectivity index (χ3v) is 7.25. The molecule has 0 radical (unpaired) electrons. The fourth-order valence-corrected chi connectivity index (χ4v) is 5.63. The van der Waals surface area contributed by atoms with Crippen molar-refractivity contribution in [2.75, 3.05) is 19.7 Å². The molecule has 4 aliphatic rings. The van der Waals surface area contributed by atoms with E-state index in [4.69, 9.17) is 4.74 Å². The molecule has 1 aromatic rings. The zero-order valence-electron chi connectivity index (χ0n) is 17.7. The molecular weight excluding hydrogens is 396 g/mol. The van der Waals surface area contributed by atoms with E-state index in [0.717, 1.165) is 43.7 Å². The van der Waals surface area contributed by atoms with Gasteiger partial charge in [0.05, 0.1) is 12.2 Å². The maximum Gasteiger partial charge on any atom is 0.255 e. The number of imide groups is 1. The van der Waals surface area contributed by atoms with Crippen molar-refractivity contribution < 1.29 is 19.1 Å². The van der Waals surface area contributed by atoms with Gasteiger partial charge < -0.3 is 20.3 Å². The molecule has 1 spiro atoms. The van der Waals surface area contributed by atoms with E-state index < -0.39 is 6.04 Å². The van der Waals surface area contributed by atoms with Crippen LogP contribution in [0.25, 0.3) is 0 Å². The normalized spacial score (nSPS) is 31.1. The summed E-state index contributed by atoms with van der Waals surface area (Å²) < 4.78 is 6.27. The topological polar surface area (TPSA) is 99.8 Å². The average molecular weight is 427 g/mol. The molecule has 3 aliphatic heterocycles. The Bertz CT molecular complexity index is 887. The Labute approximate surface area is 182 Å². The van der Waals surface area contributed by atoms with Gasteiger partial charge in [0.1, 0.15) is 6.04 Å². The molecule has 8 heteroatoms. The number of rotatable bonds is 4. The molecule has 0 aromatic heterocycles. The summed E-state index contributed by atoms with van der Waals surface area (Å²) in [5, 5.41) is 9.55. The second-order valence-electron chi connectivity index (χ2n) is 9.12. The molecule has 31 heavy (non-hydrogen) atoms. The summed E-state index contributed by atoms with van der Waals surface area (Å²) in [6.07, 6.45) is 5.12. The van der Waals surface area contributed by atoms with Gasteiger partial charge in [-0.05, 0) is 30.4 Å². The lowest BCUT2D eigenvalue weighted by molar-refractivity contribution is -0.136. The van der Waals surface area contributed by atoms with Gasteiger partial charge in [-0.3, -0.25) is 19.7 Å². The maximum atomic E-state index is 13.3. The first-order chi connectivity index (χ1) is 15.1. The van der Waals surface area contributed by atoms with Crippen molar-refractivity contribution in [1.29, 1.82) is 0 Å². The molecule has 1 unspecified atom stereocenters. The molecule has 1 saturated carbocycles. The molecule has 1 aromatic carbocycles. The second kappa shape index (κ2) is 8.33. The Morgan fingerprint density at radius 2 is 2.10 bits per heavy atom. The SMILES string of the molecule is O=C1CCC(N2Cc3cccc(CN[C@@H]4CCCC[C@]45CNCCO5)c3C2=O)C(=O)N1. The quantitative estimate of drug-likeness (QED) is 0.617. The average Bonchev–Trinajstić information content (AvgIpc) is 3.11. The van der Waals surface area contributed by atoms with Crippen molar-refractivity contribution in [1.82, 2.24) is 20.9 Å². The van der Waals surface area contributed by atoms with Crippen molar-refractivity contribution >= 4 is 17.7 Å². The number of hydrogen-bond acceptors (Lipinski definition) is 6. The molecule has 3 N–H and O–H groups in total. The van der Waals surface area contributed by atoms with E-state index in [0.29, 0.717) is 25.1 Å². The lowest BCUT2D eigenvalue weighted by atomic mass is 9.79. The molecule has 3 atom stereocenters. The van der Waals surface area contributed by atoms with Crippen LogP contribution in [0, 0.1) is 0 Å². The first-order valence-corrected chi connectivity index (χ1v) is 11.4. The summed E-state index contributed by atoms with van der Waals surface area (Å²) in [6.45, 7) is 3.49. The highest BCUT2D eigenvalue weighted by Gasteiger charge is 2.43. The van der Waals surface area contributed by atoms with Crippen molar-refractivity contribution in [2.24, 2.45) is 0 Å². The molecule has 3 fully saturated rings. The van der Waals surface area contributed by atoms with Crippen molar-refractivity contribution in [3.8, 4) is 0 Å². The van der Waals surface area contributed by atoms with Crippen molar-refractivity contribution in [2.45, 2.75) is 69.3 Å². The lowest BCUT2D eigenvalue weighted by Crippen LogP contribution is -2.62. The molecule has 2 saturated heterocycles. The highest BCUT2D eigenvalue weighted by Crippen LogP contribution is 2.34. The van der Waals surface area contributed by atoms with E-state index in [2.05, 4.69) is 16.0 Å². The van der Waals surface area contributed by atoms with Gasteiger partial charge in [0.25, 0.3) is 5.91 Å². The number of morpholine rings is 1. The molecular formula is C23H30N4O4. The number of ether oxygens (including phenoxy) is 1. The van der Waals surface area contributed by atoms with Gasteiger partial charge in [-0.1, -0.05) is 31.0 Å². The van der Waals surface area contributed by atoms with Crippen LogP contribution in [-0.4, -0.2) is 60.0 Å². The minimum Gasteiger partial charge on any atom is -0.371 e.